The second-order valence-electron chi connectivity index (χ2n) is 3.09. The maximum Gasteiger partial charge on any atom is 0.357 e. The molecule has 0 amide bonds. The van der Waals surface area contributed by atoms with Crippen LogP contribution in [0.3, 0.4) is 0 Å². The van der Waals surface area contributed by atoms with Gasteiger partial charge in [-0.3, -0.25) is 0 Å². The van der Waals surface area contributed by atoms with Gasteiger partial charge in [-0.05, 0) is 0 Å². The van der Waals surface area contributed by atoms with Gasteiger partial charge in [0.05, 0.1) is 11.8 Å². The van der Waals surface area contributed by atoms with Crippen LogP contribution in [-0.2, 0) is 6.42 Å². The first-order valence-electron chi connectivity index (χ1n) is 4.65. The smallest absolute Gasteiger partial charge is 0.357 e. The molecule has 7 heteroatoms. The van der Waals surface area contributed by atoms with Crippen LogP contribution in [0.1, 0.15) is 16.2 Å². The zero-order valence-electron chi connectivity index (χ0n) is 8.30. The fraction of sp³-hybridized carbons (Fsp3) is 0.222. The van der Waals surface area contributed by atoms with Gasteiger partial charge in [0.1, 0.15) is 5.00 Å². The minimum absolute atomic E-state index is 0.0783. The molecule has 0 radical (unpaired) electrons. The average molecular weight is 238 g/mol. The normalized spacial score (nSPS) is 10.2. The first-order valence-corrected chi connectivity index (χ1v) is 5.53. The summed E-state index contributed by atoms with van der Waals surface area (Å²) in [5.41, 5.74) is 2.60. The molecule has 3 N–H and O–H groups in total. The Bertz CT molecular complexity index is 466. The summed E-state index contributed by atoms with van der Waals surface area (Å²) < 4.78 is 0. The predicted molar refractivity (Wildman–Crippen MR) is 59.9 cm³/mol. The third kappa shape index (κ3) is 2.37. The molecule has 0 spiro atoms. The standard InChI is InChI=1S/C9H10N4O2S/c14-9(15)7-8(16-5-13-7)11-2-1-6-3-10-4-12-6/h3-5,11H,1-2H2,(H,10,12)(H,14,15). The molecule has 0 aliphatic heterocycles. The highest BCUT2D eigenvalue weighted by molar-refractivity contribution is 7.14. The number of carbonyl (C=O) groups is 1. The largest absolute Gasteiger partial charge is 0.476 e. The van der Waals surface area contributed by atoms with Crippen molar-refractivity contribution in [2.24, 2.45) is 0 Å². The molecule has 2 aromatic heterocycles. The summed E-state index contributed by atoms with van der Waals surface area (Å²) in [6, 6.07) is 0. The van der Waals surface area contributed by atoms with Crippen LogP contribution in [-0.4, -0.2) is 32.6 Å². The summed E-state index contributed by atoms with van der Waals surface area (Å²) in [7, 11) is 0. The van der Waals surface area contributed by atoms with Gasteiger partial charge in [0.2, 0.25) is 0 Å². The van der Waals surface area contributed by atoms with Crippen molar-refractivity contribution in [1.29, 1.82) is 0 Å². The lowest BCUT2D eigenvalue weighted by Gasteiger charge is -2.02. The van der Waals surface area contributed by atoms with E-state index in [-0.39, 0.29) is 5.69 Å². The minimum Gasteiger partial charge on any atom is -0.476 e. The lowest BCUT2D eigenvalue weighted by Crippen LogP contribution is -2.08. The lowest BCUT2D eigenvalue weighted by molar-refractivity contribution is 0.0692. The topological polar surface area (TPSA) is 90.9 Å². The zero-order chi connectivity index (χ0) is 11.4. The van der Waals surface area contributed by atoms with E-state index in [1.807, 2.05) is 0 Å². The molecule has 6 nitrogen and oxygen atoms in total. The molecule has 0 bridgehead atoms. The Kier molecular flexibility index (Phi) is 3.16. The second-order valence-corrected chi connectivity index (χ2v) is 3.94. The molecule has 2 rings (SSSR count). The third-order valence-electron chi connectivity index (χ3n) is 2.00. The summed E-state index contributed by atoms with van der Waals surface area (Å²) in [5.74, 6) is -1.01. The first-order chi connectivity index (χ1) is 7.77. The van der Waals surface area contributed by atoms with Crippen molar-refractivity contribution < 1.29 is 9.90 Å². The Labute approximate surface area is 95.4 Å². The van der Waals surface area contributed by atoms with Gasteiger partial charge in [0.25, 0.3) is 0 Å². The maximum atomic E-state index is 10.8. The van der Waals surface area contributed by atoms with Gasteiger partial charge >= 0.3 is 5.97 Å². The van der Waals surface area contributed by atoms with Gasteiger partial charge in [-0.2, -0.15) is 0 Å². The predicted octanol–water partition coefficient (Wildman–Crippen LogP) is 1.22. The Morgan fingerprint density at radius 1 is 1.62 bits per heavy atom. The lowest BCUT2D eigenvalue weighted by atomic mass is 10.3. The molecule has 0 atom stereocenters. The van der Waals surface area contributed by atoms with Crippen LogP contribution in [0.4, 0.5) is 5.00 Å². The quantitative estimate of drug-likeness (QED) is 0.728. The van der Waals surface area contributed by atoms with Crippen LogP contribution in [0.2, 0.25) is 0 Å². The monoisotopic (exact) mass is 238 g/mol. The molecule has 0 aliphatic carbocycles. The van der Waals surface area contributed by atoms with E-state index >= 15 is 0 Å². The SMILES string of the molecule is O=C(O)c1ncsc1NCCc1cnc[nH]1. The van der Waals surface area contributed by atoms with Gasteiger partial charge in [0.15, 0.2) is 5.69 Å². The van der Waals surface area contributed by atoms with Gasteiger partial charge in [-0.1, -0.05) is 0 Å². The van der Waals surface area contributed by atoms with E-state index in [9.17, 15) is 4.79 Å². The first kappa shape index (κ1) is 10.6. The molecular formula is C9H10N4O2S. The minimum atomic E-state index is -1.01. The maximum absolute atomic E-state index is 10.8. The number of anilines is 1. The molecule has 0 saturated heterocycles. The van der Waals surface area contributed by atoms with Crippen LogP contribution < -0.4 is 5.32 Å². The number of hydrogen-bond donors (Lipinski definition) is 3. The number of aromatic carboxylic acids is 1. The van der Waals surface area contributed by atoms with E-state index in [0.717, 1.165) is 12.1 Å². The summed E-state index contributed by atoms with van der Waals surface area (Å²) >= 11 is 1.29. The number of rotatable bonds is 5. The highest BCUT2D eigenvalue weighted by Crippen LogP contribution is 2.19. The number of aromatic nitrogens is 3. The van der Waals surface area contributed by atoms with E-state index in [2.05, 4.69) is 20.3 Å². The van der Waals surface area contributed by atoms with Gasteiger partial charge in [0, 0.05) is 24.9 Å². The van der Waals surface area contributed by atoms with E-state index in [1.54, 1.807) is 12.5 Å². The number of H-pyrrole nitrogens is 1. The molecule has 84 valence electrons. The number of nitrogens with one attached hydrogen (secondary N) is 2. The summed E-state index contributed by atoms with van der Waals surface area (Å²) in [4.78, 5) is 21.4. The summed E-state index contributed by atoms with van der Waals surface area (Å²) in [5, 5.41) is 12.5. The van der Waals surface area contributed by atoms with Crippen LogP contribution in [0.25, 0.3) is 0 Å². The Morgan fingerprint density at radius 2 is 2.50 bits per heavy atom. The fourth-order valence-electron chi connectivity index (χ4n) is 1.26. The second kappa shape index (κ2) is 4.75. The molecule has 16 heavy (non-hydrogen) atoms. The number of nitrogens with zero attached hydrogens (tertiary/aromatic N) is 2. The van der Waals surface area contributed by atoms with Crippen molar-refractivity contribution in [3.8, 4) is 0 Å². The third-order valence-corrected chi connectivity index (χ3v) is 2.79. The molecule has 0 aromatic carbocycles. The van der Waals surface area contributed by atoms with Crippen LogP contribution >= 0.6 is 11.3 Å². The molecule has 0 aliphatic rings. The molecule has 2 aromatic rings. The van der Waals surface area contributed by atoms with Gasteiger partial charge in [-0.25, -0.2) is 14.8 Å². The van der Waals surface area contributed by atoms with Gasteiger partial charge in [-0.15, -0.1) is 11.3 Å². The number of carboxylic acid groups (broad SMARTS) is 1. The zero-order valence-corrected chi connectivity index (χ0v) is 9.12. The molecular weight excluding hydrogens is 228 g/mol. The Hall–Kier alpha value is -1.89. The van der Waals surface area contributed by atoms with E-state index in [1.165, 1.54) is 16.8 Å². The summed E-state index contributed by atoms with van der Waals surface area (Å²) in [6.45, 7) is 0.644. The highest BCUT2D eigenvalue weighted by Gasteiger charge is 2.12. The van der Waals surface area contributed by atoms with E-state index < -0.39 is 5.97 Å². The fourth-order valence-corrected chi connectivity index (χ4v) is 1.96. The number of hydrogen-bond acceptors (Lipinski definition) is 5. The number of aromatic amines is 1. The van der Waals surface area contributed by atoms with Crippen molar-refractivity contribution in [1.82, 2.24) is 15.0 Å². The summed E-state index contributed by atoms with van der Waals surface area (Å²) in [6.07, 6.45) is 4.12. The Morgan fingerprint density at radius 3 is 3.19 bits per heavy atom. The van der Waals surface area contributed by atoms with E-state index in [0.29, 0.717) is 11.5 Å². The molecule has 0 fully saturated rings. The molecule has 0 unspecified atom stereocenters. The van der Waals surface area contributed by atoms with Crippen molar-refractivity contribution in [2.45, 2.75) is 6.42 Å². The van der Waals surface area contributed by atoms with Crippen LogP contribution in [0, 0.1) is 0 Å². The Balaban J connectivity index is 1.90. The van der Waals surface area contributed by atoms with Gasteiger partial charge < -0.3 is 15.4 Å². The van der Waals surface area contributed by atoms with Crippen molar-refractivity contribution in [3.63, 3.8) is 0 Å². The van der Waals surface area contributed by atoms with E-state index in [4.69, 9.17) is 5.11 Å². The number of thiazole rings is 1. The molecule has 0 saturated carbocycles. The van der Waals surface area contributed by atoms with Crippen molar-refractivity contribution >= 4 is 22.3 Å². The average Bonchev–Trinajstić information content (AvgIpc) is 2.87. The van der Waals surface area contributed by atoms with Crippen molar-refractivity contribution in [2.75, 3.05) is 11.9 Å². The highest BCUT2D eigenvalue weighted by atomic mass is 32.1. The van der Waals surface area contributed by atoms with Crippen LogP contribution in [0.15, 0.2) is 18.0 Å². The van der Waals surface area contributed by atoms with Crippen LogP contribution in [0.5, 0.6) is 0 Å². The number of imidazole rings is 1. The number of carboxylic acids is 1. The molecule has 2 heterocycles. The van der Waals surface area contributed by atoms with Crippen molar-refractivity contribution in [3.05, 3.63) is 29.4 Å².